The van der Waals surface area contributed by atoms with Crippen LogP contribution in [0.3, 0.4) is 0 Å². The zero-order valence-electron chi connectivity index (χ0n) is 10.9. The highest BCUT2D eigenvalue weighted by Crippen LogP contribution is 1.97. The normalized spacial score (nSPS) is 14.7. The van der Waals surface area contributed by atoms with Crippen molar-refractivity contribution in [1.29, 1.82) is 0 Å². The molecule has 0 saturated heterocycles. The van der Waals surface area contributed by atoms with E-state index in [2.05, 4.69) is 0 Å². The fourth-order valence-corrected chi connectivity index (χ4v) is 0.530. The van der Waals surface area contributed by atoms with Gasteiger partial charge in [0.05, 0.1) is 26.4 Å². The Morgan fingerprint density at radius 2 is 0.895 bits per heavy atom. The van der Waals surface area contributed by atoms with E-state index >= 15 is 0 Å². The maximum Gasteiger partial charge on any atom is 0.110 e. The molecular formula is C10H26O9. The summed E-state index contributed by atoms with van der Waals surface area (Å²) in [6.07, 6.45) is -5.25. The van der Waals surface area contributed by atoms with Gasteiger partial charge in [-0.1, -0.05) is 0 Å². The van der Waals surface area contributed by atoms with Crippen molar-refractivity contribution < 1.29 is 46.0 Å². The Bertz CT molecular complexity index is 144. The maximum absolute atomic E-state index is 8.77. The smallest absolute Gasteiger partial charge is 0.110 e. The molecule has 0 fully saturated rings. The van der Waals surface area contributed by atoms with Gasteiger partial charge in [-0.05, 0) is 6.92 Å². The van der Waals surface area contributed by atoms with Crippen LogP contribution in [0.1, 0.15) is 6.92 Å². The molecule has 0 aliphatic carbocycles. The number of rotatable bonds is 6. The molecule has 3 atom stereocenters. The van der Waals surface area contributed by atoms with Gasteiger partial charge in [0.25, 0.3) is 0 Å². The molecule has 0 rings (SSSR count). The van der Waals surface area contributed by atoms with Gasteiger partial charge in [0.15, 0.2) is 0 Å². The lowest BCUT2D eigenvalue weighted by Crippen LogP contribution is -2.41. The van der Waals surface area contributed by atoms with Crippen LogP contribution in [0.5, 0.6) is 0 Å². The van der Waals surface area contributed by atoms with Crippen LogP contribution in [0, 0.1) is 0 Å². The fraction of sp³-hybridized carbons (Fsp3) is 1.00. The molecule has 9 nitrogen and oxygen atoms in total. The van der Waals surface area contributed by atoms with E-state index in [0.29, 0.717) is 0 Å². The largest absolute Gasteiger partial charge is 0.397 e. The van der Waals surface area contributed by atoms with Crippen LogP contribution < -0.4 is 0 Å². The van der Waals surface area contributed by atoms with Gasteiger partial charge in [0.2, 0.25) is 0 Å². The third-order valence-corrected chi connectivity index (χ3v) is 1.58. The van der Waals surface area contributed by atoms with Crippen molar-refractivity contribution in [1.82, 2.24) is 0 Å². The molecule has 0 heterocycles. The van der Waals surface area contributed by atoms with Gasteiger partial charge in [-0.3, -0.25) is 0 Å². The summed E-state index contributed by atoms with van der Waals surface area (Å²) in [4.78, 5) is 0. The first kappa shape index (κ1) is 23.7. The molecule has 0 aliphatic rings. The summed E-state index contributed by atoms with van der Waals surface area (Å²) >= 11 is 0. The quantitative estimate of drug-likeness (QED) is 0.232. The molecule has 0 unspecified atom stereocenters. The molecule has 0 bridgehead atoms. The average Bonchev–Trinajstić information content (AvgIpc) is 2.45. The van der Waals surface area contributed by atoms with Crippen molar-refractivity contribution >= 4 is 0 Å². The van der Waals surface area contributed by atoms with E-state index in [1.165, 1.54) is 0 Å². The maximum atomic E-state index is 8.77. The van der Waals surface area contributed by atoms with Gasteiger partial charge >= 0.3 is 0 Å². The Morgan fingerprint density at radius 1 is 0.632 bits per heavy atom. The van der Waals surface area contributed by atoms with Crippen molar-refractivity contribution in [3.8, 4) is 0 Å². The highest BCUT2D eigenvalue weighted by molar-refractivity contribution is 4.73. The molecule has 0 aromatic carbocycles. The second-order valence-corrected chi connectivity index (χ2v) is 3.33. The third-order valence-electron chi connectivity index (χ3n) is 1.58. The van der Waals surface area contributed by atoms with Gasteiger partial charge < -0.3 is 46.0 Å². The number of hydrogen-bond donors (Lipinski definition) is 9. The summed E-state index contributed by atoms with van der Waals surface area (Å²) < 4.78 is 0. The predicted octanol–water partition coefficient (Wildman–Crippen LogP) is -4.62. The standard InChI is InChI=1S/C5H12O5.C3H8O3.C2H6O/c6-1-3(8)5(10)4(9)2-7;4-1-3(6)2-5;1-2-3/h3-10H,1-2H2;3-6H,1-2H2;3H,2H2,1H3/t3-,4+,5+;;. The van der Waals surface area contributed by atoms with Crippen LogP contribution in [0.4, 0.5) is 0 Å². The summed E-state index contributed by atoms with van der Waals surface area (Å²) in [5, 5.41) is 74.2. The van der Waals surface area contributed by atoms with Crippen LogP contribution in [0.2, 0.25) is 0 Å². The van der Waals surface area contributed by atoms with Gasteiger partial charge in [0.1, 0.15) is 24.4 Å². The summed E-state index contributed by atoms with van der Waals surface area (Å²) in [5.41, 5.74) is 0. The van der Waals surface area contributed by atoms with E-state index in [0.717, 1.165) is 0 Å². The lowest BCUT2D eigenvalue weighted by Gasteiger charge is -2.19. The minimum Gasteiger partial charge on any atom is -0.397 e. The van der Waals surface area contributed by atoms with E-state index in [1.54, 1.807) is 6.92 Å². The Hall–Kier alpha value is -0.360. The predicted molar refractivity (Wildman–Crippen MR) is 65.1 cm³/mol. The molecule has 0 aliphatic heterocycles. The molecule has 0 radical (unpaired) electrons. The zero-order valence-corrected chi connectivity index (χ0v) is 10.9. The van der Waals surface area contributed by atoms with E-state index in [-0.39, 0.29) is 19.8 Å². The molecule has 0 aromatic heterocycles. The Labute approximate surface area is 111 Å². The zero-order chi connectivity index (χ0) is 15.8. The summed E-state index contributed by atoms with van der Waals surface area (Å²) in [7, 11) is 0. The Kier molecular flexibility index (Phi) is 22.0. The van der Waals surface area contributed by atoms with E-state index in [4.69, 9.17) is 46.0 Å². The number of aliphatic hydroxyl groups is 9. The topological polar surface area (TPSA) is 182 Å². The van der Waals surface area contributed by atoms with E-state index < -0.39 is 37.6 Å². The molecule has 0 amide bonds. The second-order valence-electron chi connectivity index (χ2n) is 3.33. The van der Waals surface area contributed by atoms with Gasteiger partial charge in [-0.2, -0.15) is 0 Å². The second kappa shape index (κ2) is 17.6. The number of hydrogen-bond acceptors (Lipinski definition) is 9. The van der Waals surface area contributed by atoms with Crippen molar-refractivity contribution in [2.45, 2.75) is 31.3 Å². The Morgan fingerprint density at radius 3 is 1.00 bits per heavy atom. The Balaban J connectivity index is -0.000000242. The highest BCUT2D eigenvalue weighted by Gasteiger charge is 2.22. The molecule has 9 heteroatoms. The van der Waals surface area contributed by atoms with Gasteiger partial charge in [-0.25, -0.2) is 0 Å². The van der Waals surface area contributed by atoms with E-state index in [9.17, 15) is 0 Å². The molecule has 19 heavy (non-hydrogen) atoms. The average molecular weight is 290 g/mol. The molecular weight excluding hydrogens is 264 g/mol. The first-order valence-corrected chi connectivity index (χ1v) is 5.62. The van der Waals surface area contributed by atoms with Crippen molar-refractivity contribution in [2.75, 3.05) is 33.0 Å². The molecule has 0 saturated carbocycles. The van der Waals surface area contributed by atoms with Crippen molar-refractivity contribution in [2.24, 2.45) is 0 Å². The highest BCUT2D eigenvalue weighted by atomic mass is 16.4. The van der Waals surface area contributed by atoms with Gasteiger partial charge in [-0.15, -0.1) is 0 Å². The minimum absolute atomic E-state index is 0.250. The fourth-order valence-electron chi connectivity index (χ4n) is 0.530. The minimum atomic E-state index is -1.49. The van der Waals surface area contributed by atoms with E-state index in [1.807, 2.05) is 0 Å². The summed E-state index contributed by atoms with van der Waals surface area (Å²) in [6.45, 7) is -0.0799. The number of aliphatic hydroxyl groups excluding tert-OH is 9. The third kappa shape index (κ3) is 17.6. The molecule has 0 aromatic rings. The van der Waals surface area contributed by atoms with Crippen molar-refractivity contribution in [3.05, 3.63) is 0 Å². The van der Waals surface area contributed by atoms with Crippen molar-refractivity contribution in [3.63, 3.8) is 0 Å². The van der Waals surface area contributed by atoms with Gasteiger partial charge in [0, 0.05) is 6.61 Å². The SMILES string of the molecule is CCO.OCC(O)CO.OC[C@@H](O)[C@H](O)[C@@H](O)CO. The monoisotopic (exact) mass is 290 g/mol. The van der Waals surface area contributed by atoms with Crippen LogP contribution in [-0.4, -0.2) is 103 Å². The van der Waals surface area contributed by atoms with Crippen LogP contribution in [0.25, 0.3) is 0 Å². The van der Waals surface area contributed by atoms with Crippen LogP contribution in [0.15, 0.2) is 0 Å². The lowest BCUT2D eigenvalue weighted by atomic mass is 10.1. The van der Waals surface area contributed by atoms with Crippen LogP contribution >= 0.6 is 0 Å². The molecule has 9 N–H and O–H groups in total. The lowest BCUT2D eigenvalue weighted by molar-refractivity contribution is -0.0900. The summed E-state index contributed by atoms with van der Waals surface area (Å²) in [5.74, 6) is 0. The summed E-state index contributed by atoms with van der Waals surface area (Å²) in [6, 6.07) is 0. The van der Waals surface area contributed by atoms with Crippen LogP contribution in [-0.2, 0) is 0 Å². The molecule has 0 spiro atoms. The molecule has 120 valence electrons. The first-order chi connectivity index (χ1) is 8.85. The first-order valence-electron chi connectivity index (χ1n) is 5.62.